The van der Waals surface area contributed by atoms with E-state index in [9.17, 15) is 13.2 Å². The Kier molecular flexibility index (Phi) is 7.99. The van der Waals surface area contributed by atoms with Crippen LogP contribution in [0.25, 0.3) is 0 Å². The predicted octanol–water partition coefficient (Wildman–Crippen LogP) is 2.18. The summed E-state index contributed by atoms with van der Waals surface area (Å²) < 4.78 is 49.1. The van der Waals surface area contributed by atoms with Gasteiger partial charge in [0.2, 0.25) is 0 Å². The molecule has 1 rings (SSSR count). The van der Waals surface area contributed by atoms with Crippen molar-refractivity contribution in [2.24, 2.45) is 0 Å². The van der Waals surface area contributed by atoms with Crippen LogP contribution in [0.1, 0.15) is 27.2 Å². The van der Waals surface area contributed by atoms with Crippen LogP contribution in [0.3, 0.4) is 0 Å². The highest BCUT2D eigenvalue weighted by atomic mass is 28.3. The summed E-state index contributed by atoms with van der Waals surface area (Å²) in [6, 6.07) is 0. The fourth-order valence-electron chi connectivity index (χ4n) is 0.733. The van der Waals surface area contributed by atoms with Crippen LogP contribution < -0.4 is 0 Å². The second-order valence-electron chi connectivity index (χ2n) is 3.09. The van der Waals surface area contributed by atoms with E-state index in [0.717, 1.165) is 0 Å². The molecular formula is C9H19F3O3Si. The van der Waals surface area contributed by atoms with Crippen molar-refractivity contribution in [1.29, 1.82) is 0 Å². The first-order valence-electron chi connectivity index (χ1n) is 5.34. The molecule has 0 saturated heterocycles. The van der Waals surface area contributed by atoms with Crippen molar-refractivity contribution in [2.45, 2.75) is 39.3 Å². The molecule has 0 spiro atoms. The number of rotatable bonds is 6. The minimum absolute atomic E-state index is 0.562. The van der Waals surface area contributed by atoms with E-state index in [0.29, 0.717) is 19.8 Å². The molecule has 0 amide bonds. The summed E-state index contributed by atoms with van der Waals surface area (Å²) in [5.74, 6) is -2.96. The molecule has 7 heteroatoms. The number of hydrogen-bond donors (Lipinski definition) is 0. The van der Waals surface area contributed by atoms with Crippen LogP contribution in [0.5, 0.6) is 0 Å². The lowest BCUT2D eigenvalue weighted by Crippen LogP contribution is -2.27. The molecule has 0 radical (unpaired) electrons. The molecule has 0 aliphatic heterocycles. The highest BCUT2D eigenvalue weighted by Gasteiger charge is 2.58. The number of halogens is 3. The van der Waals surface area contributed by atoms with Crippen LogP contribution in [0.2, 0.25) is 0 Å². The molecule has 1 atom stereocenters. The lowest BCUT2D eigenvalue weighted by Gasteiger charge is -2.12. The van der Waals surface area contributed by atoms with Gasteiger partial charge in [0.25, 0.3) is 5.92 Å². The van der Waals surface area contributed by atoms with Crippen molar-refractivity contribution in [2.75, 3.05) is 19.8 Å². The number of hydrogen-bond acceptors (Lipinski definition) is 3. The average molecular weight is 260 g/mol. The molecule has 98 valence electrons. The zero-order valence-electron chi connectivity index (χ0n) is 9.84. The Morgan fingerprint density at radius 3 is 1.44 bits per heavy atom. The maximum absolute atomic E-state index is 11.2. The highest BCUT2D eigenvalue weighted by Crippen LogP contribution is 2.44. The van der Waals surface area contributed by atoms with Crippen LogP contribution >= 0.6 is 0 Å². The molecule has 0 heterocycles. The summed E-state index contributed by atoms with van der Waals surface area (Å²) in [5, 5.41) is 0. The van der Waals surface area contributed by atoms with Crippen molar-refractivity contribution in [3.05, 3.63) is 0 Å². The maximum atomic E-state index is 11.2. The molecule has 1 unspecified atom stereocenters. The lowest BCUT2D eigenvalue weighted by molar-refractivity contribution is 0.0870. The van der Waals surface area contributed by atoms with Gasteiger partial charge in [0.15, 0.2) is 6.17 Å². The van der Waals surface area contributed by atoms with Crippen molar-refractivity contribution in [3.63, 3.8) is 0 Å². The van der Waals surface area contributed by atoms with Gasteiger partial charge < -0.3 is 13.3 Å². The zero-order valence-corrected chi connectivity index (χ0v) is 11.0. The fraction of sp³-hybridized carbons (Fsp3) is 1.00. The van der Waals surface area contributed by atoms with Gasteiger partial charge in [-0.2, -0.15) is 0 Å². The second-order valence-corrected chi connectivity index (χ2v) is 4.66. The van der Waals surface area contributed by atoms with E-state index in [1.807, 2.05) is 20.8 Å². The Bertz CT molecular complexity index is 169. The van der Waals surface area contributed by atoms with Crippen molar-refractivity contribution >= 4 is 9.53 Å². The highest BCUT2D eigenvalue weighted by molar-refractivity contribution is 6.36. The maximum Gasteiger partial charge on any atom is 0.484 e. The Balaban J connectivity index is 0.000000315. The van der Waals surface area contributed by atoms with Gasteiger partial charge >= 0.3 is 9.53 Å². The van der Waals surface area contributed by atoms with Crippen LogP contribution in [0.15, 0.2) is 0 Å². The minimum Gasteiger partial charge on any atom is -0.376 e. The molecule has 16 heavy (non-hydrogen) atoms. The molecule has 0 aromatic heterocycles. The summed E-state index contributed by atoms with van der Waals surface area (Å²) >= 11 is 0. The predicted molar refractivity (Wildman–Crippen MR) is 56.5 cm³/mol. The SMILES string of the molecule is CCO[SiH](OCC)OCC.FC1CC1(F)F. The third-order valence-electron chi connectivity index (χ3n) is 1.66. The fourth-order valence-corrected chi connectivity index (χ4v) is 1.84. The Hall–Kier alpha value is -0.113. The van der Waals surface area contributed by atoms with E-state index in [2.05, 4.69) is 0 Å². The Morgan fingerprint density at radius 1 is 1.06 bits per heavy atom. The van der Waals surface area contributed by atoms with Gasteiger partial charge in [0.1, 0.15) is 0 Å². The van der Waals surface area contributed by atoms with Gasteiger partial charge in [-0.05, 0) is 20.8 Å². The first kappa shape index (κ1) is 15.9. The molecule has 0 bridgehead atoms. The Morgan fingerprint density at radius 2 is 1.31 bits per heavy atom. The molecule has 0 aromatic rings. The molecule has 0 N–H and O–H groups in total. The van der Waals surface area contributed by atoms with Crippen molar-refractivity contribution < 1.29 is 26.4 Å². The minimum atomic E-state index is -2.96. The summed E-state index contributed by atoms with van der Waals surface area (Å²) in [6.07, 6.45) is -2.40. The largest absolute Gasteiger partial charge is 0.484 e. The third kappa shape index (κ3) is 7.21. The zero-order chi connectivity index (χ0) is 12.6. The van der Waals surface area contributed by atoms with E-state index >= 15 is 0 Å². The lowest BCUT2D eigenvalue weighted by atomic mass is 10.8. The third-order valence-corrected chi connectivity index (χ3v) is 3.47. The summed E-state index contributed by atoms with van der Waals surface area (Å²) in [6.45, 7) is 7.86. The van der Waals surface area contributed by atoms with Gasteiger partial charge in [-0.1, -0.05) is 0 Å². The Labute approximate surface area is 95.8 Å². The molecule has 0 aromatic carbocycles. The normalized spacial score (nSPS) is 21.6. The first-order chi connectivity index (χ1) is 7.47. The topological polar surface area (TPSA) is 27.7 Å². The monoisotopic (exact) mass is 260 g/mol. The van der Waals surface area contributed by atoms with E-state index in [-0.39, 0.29) is 0 Å². The van der Waals surface area contributed by atoms with Crippen molar-refractivity contribution in [3.8, 4) is 0 Å². The van der Waals surface area contributed by atoms with E-state index in [1.165, 1.54) is 0 Å². The molecule has 1 aliphatic rings. The average Bonchev–Trinajstić information content (AvgIpc) is 2.73. The van der Waals surface area contributed by atoms with Gasteiger partial charge in [0.05, 0.1) is 6.42 Å². The smallest absolute Gasteiger partial charge is 0.376 e. The molecule has 1 aliphatic carbocycles. The van der Waals surface area contributed by atoms with Crippen LogP contribution in [0.4, 0.5) is 13.2 Å². The van der Waals surface area contributed by atoms with E-state index in [4.69, 9.17) is 13.3 Å². The van der Waals surface area contributed by atoms with Gasteiger partial charge in [-0.25, -0.2) is 13.2 Å². The number of alkyl halides is 3. The van der Waals surface area contributed by atoms with Gasteiger partial charge in [-0.3, -0.25) is 0 Å². The summed E-state index contributed by atoms with van der Waals surface area (Å²) in [4.78, 5) is 0. The molecule has 1 saturated carbocycles. The summed E-state index contributed by atoms with van der Waals surface area (Å²) in [5.41, 5.74) is 0. The molecule has 3 nitrogen and oxygen atoms in total. The molecule has 1 fully saturated rings. The van der Waals surface area contributed by atoms with Crippen LogP contribution in [-0.4, -0.2) is 41.4 Å². The molecular weight excluding hydrogens is 241 g/mol. The van der Waals surface area contributed by atoms with E-state index < -0.39 is 28.0 Å². The standard InChI is InChI=1S/C6H16O3Si.C3H3F3/c1-4-7-10(8-5-2)9-6-3;4-2-1-3(2,5)6/h10H,4-6H2,1-3H3;2H,1H2. The van der Waals surface area contributed by atoms with Crippen LogP contribution in [0, 0.1) is 0 Å². The van der Waals surface area contributed by atoms with Crippen molar-refractivity contribution in [1.82, 2.24) is 0 Å². The van der Waals surface area contributed by atoms with Gasteiger partial charge in [0, 0.05) is 19.8 Å². The van der Waals surface area contributed by atoms with Crippen LogP contribution in [-0.2, 0) is 13.3 Å². The first-order valence-corrected chi connectivity index (χ1v) is 6.76. The summed E-state index contributed by atoms with van der Waals surface area (Å²) in [7, 11) is -1.73. The quantitative estimate of drug-likeness (QED) is 0.685. The second kappa shape index (κ2) is 8.05. The van der Waals surface area contributed by atoms with Gasteiger partial charge in [-0.15, -0.1) is 0 Å². The van der Waals surface area contributed by atoms with E-state index in [1.54, 1.807) is 0 Å².